The Labute approximate surface area is 103 Å². The summed E-state index contributed by atoms with van der Waals surface area (Å²) >= 11 is 0. The number of amides is 1. The lowest BCUT2D eigenvalue weighted by molar-refractivity contribution is -0.144. The number of nitrogens with zero attached hydrogens (tertiary/aromatic N) is 1. The molecule has 1 aliphatic carbocycles. The molecule has 0 spiro atoms. The van der Waals surface area contributed by atoms with Gasteiger partial charge in [0.1, 0.15) is 0 Å². The lowest BCUT2D eigenvalue weighted by atomic mass is 9.99. The maximum atomic E-state index is 12.2. The molecule has 1 saturated heterocycles. The molecule has 2 unspecified atom stereocenters. The van der Waals surface area contributed by atoms with E-state index in [1.54, 1.807) is 0 Å². The van der Waals surface area contributed by atoms with E-state index in [1.165, 1.54) is 6.42 Å². The van der Waals surface area contributed by atoms with Crippen molar-refractivity contribution in [3.05, 3.63) is 0 Å². The van der Waals surface area contributed by atoms with Gasteiger partial charge in [-0.2, -0.15) is 0 Å². The van der Waals surface area contributed by atoms with Crippen molar-refractivity contribution in [2.24, 2.45) is 5.73 Å². The Morgan fingerprint density at radius 1 is 1.47 bits per heavy atom. The number of rotatable bonds is 3. The number of ether oxygens (including phenoxy) is 1. The predicted octanol–water partition coefficient (Wildman–Crippen LogP) is 1.28. The number of fused-ring (bicyclic) bond motifs is 1. The van der Waals surface area contributed by atoms with Crippen molar-refractivity contribution in [2.45, 2.75) is 63.6 Å². The third kappa shape index (κ3) is 3.19. The third-order valence-electron chi connectivity index (χ3n) is 3.79. The summed E-state index contributed by atoms with van der Waals surface area (Å²) in [5.41, 5.74) is 5.67. The highest BCUT2D eigenvalue weighted by Gasteiger charge is 2.38. The highest BCUT2D eigenvalue weighted by atomic mass is 16.5. The first-order chi connectivity index (χ1) is 7.97. The van der Waals surface area contributed by atoms with Crippen molar-refractivity contribution >= 4 is 5.91 Å². The average Bonchev–Trinajstić information content (AvgIpc) is 2.72. The topological polar surface area (TPSA) is 55.6 Å². The fourth-order valence-electron chi connectivity index (χ4n) is 2.81. The molecule has 2 aliphatic rings. The van der Waals surface area contributed by atoms with Crippen LogP contribution >= 0.6 is 0 Å². The van der Waals surface area contributed by atoms with E-state index in [0.29, 0.717) is 25.2 Å². The van der Waals surface area contributed by atoms with E-state index in [-0.39, 0.29) is 11.4 Å². The molecular formula is C13H24N2O2. The number of carbonyl (C=O) groups is 1. The molecule has 0 aromatic carbocycles. The maximum absolute atomic E-state index is 12.2. The normalized spacial score (nSPS) is 29.2. The van der Waals surface area contributed by atoms with Gasteiger partial charge in [0, 0.05) is 18.5 Å². The van der Waals surface area contributed by atoms with E-state index in [2.05, 4.69) is 0 Å². The molecule has 98 valence electrons. The van der Waals surface area contributed by atoms with Crippen LogP contribution in [0.5, 0.6) is 0 Å². The molecule has 1 heterocycles. The molecule has 2 N–H and O–H groups in total. The van der Waals surface area contributed by atoms with Crippen LogP contribution in [0.4, 0.5) is 0 Å². The van der Waals surface area contributed by atoms with Crippen molar-refractivity contribution in [3.8, 4) is 0 Å². The Bertz CT molecular complexity index is 286. The standard InChI is InChI=1S/C13H24N2O2/c1-13(2,14)7-6-12(16)15-8-9-17-11-5-3-4-10(11)15/h10-11H,3-9,14H2,1-2H3. The zero-order chi connectivity index (χ0) is 12.5. The highest BCUT2D eigenvalue weighted by molar-refractivity contribution is 5.76. The van der Waals surface area contributed by atoms with Crippen LogP contribution in [0.2, 0.25) is 0 Å². The first-order valence-corrected chi connectivity index (χ1v) is 6.67. The number of morpholine rings is 1. The molecular weight excluding hydrogens is 216 g/mol. The van der Waals surface area contributed by atoms with Gasteiger partial charge in [-0.3, -0.25) is 4.79 Å². The summed E-state index contributed by atoms with van der Waals surface area (Å²) in [6.45, 7) is 5.39. The van der Waals surface area contributed by atoms with Crippen LogP contribution in [-0.2, 0) is 9.53 Å². The summed E-state index contributed by atoms with van der Waals surface area (Å²) in [4.78, 5) is 14.2. The molecule has 0 radical (unpaired) electrons. The summed E-state index contributed by atoms with van der Waals surface area (Å²) in [5, 5.41) is 0. The molecule has 2 rings (SSSR count). The second-order valence-electron chi connectivity index (χ2n) is 5.98. The molecule has 4 heteroatoms. The Balaban J connectivity index is 1.90. The lowest BCUT2D eigenvalue weighted by Gasteiger charge is -2.38. The van der Waals surface area contributed by atoms with Crippen LogP contribution in [0.15, 0.2) is 0 Å². The number of hydrogen-bond acceptors (Lipinski definition) is 3. The van der Waals surface area contributed by atoms with Crippen LogP contribution < -0.4 is 5.73 Å². The Morgan fingerprint density at radius 2 is 2.24 bits per heavy atom. The van der Waals surface area contributed by atoms with Crippen molar-refractivity contribution in [1.29, 1.82) is 0 Å². The Hall–Kier alpha value is -0.610. The van der Waals surface area contributed by atoms with Gasteiger partial charge in [-0.15, -0.1) is 0 Å². The molecule has 1 saturated carbocycles. The van der Waals surface area contributed by atoms with Gasteiger partial charge in [0.05, 0.1) is 18.8 Å². The predicted molar refractivity (Wildman–Crippen MR) is 66.6 cm³/mol. The minimum absolute atomic E-state index is 0.253. The van der Waals surface area contributed by atoms with Crippen LogP contribution in [0.1, 0.15) is 46.0 Å². The first kappa shape index (κ1) is 12.8. The summed E-state index contributed by atoms with van der Waals surface area (Å²) in [6, 6.07) is 0.331. The van der Waals surface area contributed by atoms with Crippen LogP contribution in [-0.4, -0.2) is 41.6 Å². The van der Waals surface area contributed by atoms with Gasteiger partial charge in [0.2, 0.25) is 5.91 Å². The summed E-state index contributed by atoms with van der Waals surface area (Å²) in [7, 11) is 0. The zero-order valence-corrected chi connectivity index (χ0v) is 10.9. The van der Waals surface area contributed by atoms with Crippen molar-refractivity contribution < 1.29 is 9.53 Å². The third-order valence-corrected chi connectivity index (χ3v) is 3.79. The van der Waals surface area contributed by atoms with E-state index in [0.717, 1.165) is 25.8 Å². The monoisotopic (exact) mass is 240 g/mol. The summed E-state index contributed by atoms with van der Waals surface area (Å²) in [6.07, 6.45) is 4.99. The van der Waals surface area contributed by atoms with Crippen molar-refractivity contribution in [2.75, 3.05) is 13.2 Å². The summed E-state index contributed by atoms with van der Waals surface area (Å²) < 4.78 is 5.71. The first-order valence-electron chi connectivity index (χ1n) is 6.67. The van der Waals surface area contributed by atoms with E-state index in [4.69, 9.17) is 10.5 Å². The van der Waals surface area contributed by atoms with Gasteiger partial charge in [-0.25, -0.2) is 0 Å². The molecule has 2 fully saturated rings. The molecule has 1 amide bonds. The quantitative estimate of drug-likeness (QED) is 0.808. The van der Waals surface area contributed by atoms with Crippen LogP contribution in [0, 0.1) is 0 Å². The molecule has 4 nitrogen and oxygen atoms in total. The van der Waals surface area contributed by atoms with Crippen LogP contribution in [0.25, 0.3) is 0 Å². The SMILES string of the molecule is CC(C)(N)CCC(=O)N1CCOC2CCCC21. The molecule has 0 aromatic rings. The lowest BCUT2D eigenvalue weighted by Crippen LogP contribution is -2.51. The molecule has 0 bridgehead atoms. The molecule has 1 aliphatic heterocycles. The molecule has 17 heavy (non-hydrogen) atoms. The van der Waals surface area contributed by atoms with Gasteiger partial charge >= 0.3 is 0 Å². The van der Waals surface area contributed by atoms with Crippen LogP contribution in [0.3, 0.4) is 0 Å². The van der Waals surface area contributed by atoms with Gasteiger partial charge in [0.25, 0.3) is 0 Å². The van der Waals surface area contributed by atoms with E-state index < -0.39 is 0 Å². The largest absolute Gasteiger partial charge is 0.374 e. The number of carbonyl (C=O) groups excluding carboxylic acids is 1. The van der Waals surface area contributed by atoms with E-state index in [9.17, 15) is 4.79 Å². The minimum Gasteiger partial charge on any atom is -0.374 e. The molecule has 0 aromatic heterocycles. The smallest absolute Gasteiger partial charge is 0.223 e. The van der Waals surface area contributed by atoms with Gasteiger partial charge in [0.15, 0.2) is 0 Å². The fourth-order valence-corrected chi connectivity index (χ4v) is 2.81. The Morgan fingerprint density at radius 3 is 2.94 bits per heavy atom. The number of hydrogen-bond donors (Lipinski definition) is 1. The second kappa shape index (κ2) is 4.94. The highest BCUT2D eigenvalue weighted by Crippen LogP contribution is 2.30. The molecule has 2 atom stereocenters. The summed E-state index contributed by atoms with van der Waals surface area (Å²) in [5.74, 6) is 0.253. The number of nitrogens with two attached hydrogens (primary N) is 1. The van der Waals surface area contributed by atoms with E-state index >= 15 is 0 Å². The minimum atomic E-state index is -0.253. The maximum Gasteiger partial charge on any atom is 0.223 e. The average molecular weight is 240 g/mol. The zero-order valence-electron chi connectivity index (χ0n) is 10.9. The Kier molecular flexibility index (Phi) is 3.73. The van der Waals surface area contributed by atoms with Gasteiger partial charge < -0.3 is 15.4 Å². The van der Waals surface area contributed by atoms with E-state index in [1.807, 2.05) is 18.7 Å². The van der Waals surface area contributed by atoms with Crippen molar-refractivity contribution in [1.82, 2.24) is 4.90 Å². The second-order valence-corrected chi connectivity index (χ2v) is 5.98. The van der Waals surface area contributed by atoms with Gasteiger partial charge in [-0.05, 0) is 39.5 Å². The van der Waals surface area contributed by atoms with Gasteiger partial charge in [-0.1, -0.05) is 0 Å². The fraction of sp³-hybridized carbons (Fsp3) is 0.923. The van der Waals surface area contributed by atoms with Crippen molar-refractivity contribution in [3.63, 3.8) is 0 Å².